The van der Waals surface area contributed by atoms with Crippen molar-refractivity contribution in [3.05, 3.63) is 124 Å². The van der Waals surface area contributed by atoms with Gasteiger partial charge >= 0.3 is 12.4 Å². The fourth-order valence-electron chi connectivity index (χ4n) is 4.94. The van der Waals surface area contributed by atoms with Crippen LogP contribution in [0.15, 0.2) is 89.8 Å². The third-order valence-electron chi connectivity index (χ3n) is 7.36. The molecule has 0 radical (unpaired) electrons. The van der Waals surface area contributed by atoms with Crippen molar-refractivity contribution in [1.82, 2.24) is 4.90 Å². The Bertz CT molecular complexity index is 1920. The number of amides is 1. The number of ether oxygens (including phenoxy) is 1. The van der Waals surface area contributed by atoms with E-state index in [9.17, 15) is 43.9 Å². The summed E-state index contributed by atoms with van der Waals surface area (Å²) in [6.07, 6.45) is -10.1. The molecule has 0 aliphatic heterocycles. The number of para-hydroxylation sites is 1. The van der Waals surface area contributed by atoms with E-state index in [0.717, 1.165) is 30.1 Å². The Balaban J connectivity index is 1.57. The number of sulfonamides is 1. The van der Waals surface area contributed by atoms with Gasteiger partial charge in [0.05, 0.1) is 39.9 Å². The number of alkyl halides is 6. The molecule has 1 amide bonds. The summed E-state index contributed by atoms with van der Waals surface area (Å²) in [6, 6.07) is 12.8. The number of rotatable bonds is 11. The summed E-state index contributed by atoms with van der Waals surface area (Å²) in [6.45, 7) is 0.990. The molecule has 0 aromatic heterocycles. The Morgan fingerprint density at radius 2 is 1.53 bits per heavy atom. The number of hydrogen-bond donors (Lipinski definition) is 0. The highest BCUT2D eigenvalue weighted by Crippen LogP contribution is 2.39. The molecule has 0 saturated carbocycles. The maximum atomic E-state index is 15.1. The van der Waals surface area contributed by atoms with Gasteiger partial charge in [0.25, 0.3) is 15.9 Å². The van der Waals surface area contributed by atoms with Gasteiger partial charge in [0, 0.05) is 30.2 Å². The van der Waals surface area contributed by atoms with Crippen LogP contribution in [-0.4, -0.2) is 39.4 Å². The zero-order chi connectivity index (χ0) is 36.3. The molecule has 0 aliphatic rings. The van der Waals surface area contributed by atoms with E-state index >= 15 is 4.39 Å². The number of carbonyl (C=O) groups excluding carboxylic acids is 1. The van der Waals surface area contributed by atoms with Crippen molar-refractivity contribution in [2.45, 2.75) is 36.6 Å². The minimum atomic E-state index is -5.09. The van der Waals surface area contributed by atoms with E-state index in [1.165, 1.54) is 43.3 Å². The standard InChI is InChI=1S/C33H27ClF8N2O4S/c1-20(44(29-19-23(35)11-15-28(29)36)49(46,47)24-12-9-22(34)10-13-24)25-6-3-4-7-30(25)48-17-5-16-43(2)31(45)26-18-21(32(37,38)39)8-14-27(26)33(40,41)42/h3-4,6-15,18-20H,5,16-17H2,1-2H3. The van der Waals surface area contributed by atoms with Gasteiger partial charge in [-0.3, -0.25) is 9.10 Å². The molecular formula is C33H27ClF8N2O4S. The predicted octanol–water partition coefficient (Wildman–Crippen LogP) is 9.15. The average Bonchev–Trinajstić information content (AvgIpc) is 3.03. The largest absolute Gasteiger partial charge is 0.493 e. The van der Waals surface area contributed by atoms with Gasteiger partial charge in [-0.25, -0.2) is 17.2 Å². The molecule has 0 heterocycles. The number of benzene rings is 4. The van der Waals surface area contributed by atoms with Crippen molar-refractivity contribution >= 4 is 33.2 Å². The highest BCUT2D eigenvalue weighted by Gasteiger charge is 2.39. The monoisotopic (exact) mass is 734 g/mol. The Kier molecular flexibility index (Phi) is 11.2. The van der Waals surface area contributed by atoms with E-state index in [4.69, 9.17) is 16.3 Å². The fraction of sp³-hybridized carbons (Fsp3) is 0.242. The van der Waals surface area contributed by atoms with E-state index in [1.807, 2.05) is 0 Å². The fourth-order valence-corrected chi connectivity index (χ4v) is 6.70. The van der Waals surface area contributed by atoms with Gasteiger partial charge < -0.3 is 9.64 Å². The second kappa shape index (κ2) is 14.6. The van der Waals surface area contributed by atoms with Crippen molar-refractivity contribution in [3.63, 3.8) is 0 Å². The quantitative estimate of drug-likeness (QED) is 0.114. The number of nitrogens with zero attached hydrogens (tertiary/aromatic N) is 2. The summed E-state index contributed by atoms with van der Waals surface area (Å²) >= 11 is 5.92. The molecule has 49 heavy (non-hydrogen) atoms. The van der Waals surface area contributed by atoms with E-state index in [2.05, 4.69) is 0 Å². The van der Waals surface area contributed by atoms with E-state index < -0.39 is 68.3 Å². The van der Waals surface area contributed by atoms with Gasteiger partial charge in [0.1, 0.15) is 17.4 Å². The Labute approximate surface area is 281 Å². The first-order valence-corrected chi connectivity index (χ1v) is 16.1. The molecular weight excluding hydrogens is 708 g/mol. The van der Waals surface area contributed by atoms with Crippen LogP contribution in [0.4, 0.5) is 40.8 Å². The molecule has 16 heteroatoms. The number of carbonyl (C=O) groups is 1. The minimum Gasteiger partial charge on any atom is -0.493 e. The van der Waals surface area contributed by atoms with Gasteiger partial charge in [0.15, 0.2) is 0 Å². The van der Waals surface area contributed by atoms with Crippen LogP contribution in [0.3, 0.4) is 0 Å². The van der Waals surface area contributed by atoms with Crippen LogP contribution in [0.25, 0.3) is 0 Å². The molecule has 0 N–H and O–H groups in total. The minimum absolute atomic E-state index is 0.0173. The zero-order valence-electron chi connectivity index (χ0n) is 25.6. The Hall–Kier alpha value is -4.37. The van der Waals surface area contributed by atoms with Crippen molar-refractivity contribution in [2.24, 2.45) is 0 Å². The molecule has 4 rings (SSSR count). The van der Waals surface area contributed by atoms with Gasteiger partial charge in [-0.1, -0.05) is 29.8 Å². The Morgan fingerprint density at radius 1 is 0.878 bits per heavy atom. The van der Waals surface area contributed by atoms with Crippen molar-refractivity contribution in [3.8, 4) is 5.75 Å². The third-order valence-corrected chi connectivity index (χ3v) is 9.51. The smallest absolute Gasteiger partial charge is 0.417 e. The van der Waals surface area contributed by atoms with Crippen molar-refractivity contribution < 1.29 is 53.1 Å². The lowest BCUT2D eigenvalue weighted by molar-refractivity contribution is -0.141. The second-order valence-corrected chi connectivity index (χ2v) is 13.0. The predicted molar refractivity (Wildman–Crippen MR) is 166 cm³/mol. The molecule has 4 aromatic carbocycles. The van der Waals surface area contributed by atoms with Crippen LogP contribution in [0.2, 0.25) is 5.02 Å². The lowest BCUT2D eigenvalue weighted by atomic mass is 10.0. The van der Waals surface area contributed by atoms with Crippen molar-refractivity contribution in [2.75, 3.05) is 24.5 Å². The number of anilines is 1. The van der Waals surface area contributed by atoms with E-state index in [0.29, 0.717) is 4.31 Å². The highest BCUT2D eigenvalue weighted by atomic mass is 35.5. The molecule has 6 nitrogen and oxygen atoms in total. The molecule has 0 fully saturated rings. The number of hydrogen-bond acceptors (Lipinski definition) is 4. The Morgan fingerprint density at radius 3 is 2.16 bits per heavy atom. The molecule has 1 unspecified atom stereocenters. The van der Waals surface area contributed by atoms with Crippen LogP contribution in [0.5, 0.6) is 5.75 Å². The summed E-state index contributed by atoms with van der Waals surface area (Å²) < 4.78 is 144. The van der Waals surface area contributed by atoms with Crippen LogP contribution in [0.1, 0.15) is 46.4 Å². The third kappa shape index (κ3) is 8.63. The van der Waals surface area contributed by atoms with Crippen LogP contribution in [0, 0.1) is 11.6 Å². The molecule has 0 saturated heterocycles. The number of halogens is 9. The first kappa shape index (κ1) is 37.4. The molecule has 0 aliphatic carbocycles. The van der Waals surface area contributed by atoms with E-state index in [-0.39, 0.29) is 59.0 Å². The van der Waals surface area contributed by atoms with Crippen LogP contribution >= 0.6 is 11.6 Å². The first-order valence-electron chi connectivity index (χ1n) is 14.3. The SMILES string of the molecule is CC(c1ccccc1OCCCN(C)C(=O)c1cc(C(F)(F)F)ccc1C(F)(F)F)N(c1cc(F)ccc1F)S(=O)(=O)c1ccc(Cl)cc1. The molecule has 4 aromatic rings. The highest BCUT2D eigenvalue weighted by molar-refractivity contribution is 7.92. The molecule has 262 valence electrons. The van der Waals surface area contributed by atoms with E-state index in [1.54, 1.807) is 12.1 Å². The summed E-state index contributed by atoms with van der Waals surface area (Å²) in [5, 5.41) is 0.234. The van der Waals surface area contributed by atoms with Crippen molar-refractivity contribution in [1.29, 1.82) is 0 Å². The zero-order valence-corrected chi connectivity index (χ0v) is 27.2. The first-order chi connectivity index (χ1) is 22.8. The maximum Gasteiger partial charge on any atom is 0.417 e. The summed E-state index contributed by atoms with van der Waals surface area (Å²) in [7, 11) is -3.44. The van der Waals surface area contributed by atoms with Gasteiger partial charge in [-0.2, -0.15) is 26.3 Å². The molecule has 0 spiro atoms. The molecule has 1 atom stereocenters. The maximum absolute atomic E-state index is 15.1. The summed E-state index contributed by atoms with van der Waals surface area (Å²) in [5.74, 6) is -3.14. The lowest BCUT2D eigenvalue weighted by Gasteiger charge is -2.32. The average molecular weight is 735 g/mol. The van der Waals surface area contributed by atoms with Gasteiger partial charge in [0.2, 0.25) is 0 Å². The topological polar surface area (TPSA) is 66.9 Å². The van der Waals surface area contributed by atoms with Gasteiger partial charge in [-0.15, -0.1) is 0 Å². The molecule has 0 bridgehead atoms. The van der Waals surface area contributed by atoms with Crippen LogP contribution < -0.4 is 9.04 Å². The summed E-state index contributed by atoms with van der Waals surface area (Å²) in [5.41, 5.74) is -4.49. The van der Waals surface area contributed by atoms with Crippen LogP contribution in [-0.2, 0) is 22.4 Å². The summed E-state index contributed by atoms with van der Waals surface area (Å²) in [4.78, 5) is 13.4. The second-order valence-electron chi connectivity index (χ2n) is 10.7. The normalized spacial score (nSPS) is 12.8. The van der Waals surface area contributed by atoms with Gasteiger partial charge in [-0.05, 0) is 74.0 Å². The lowest BCUT2D eigenvalue weighted by Crippen LogP contribution is -2.34.